The Hall–Kier alpha value is -0.890. The first-order valence-electron chi connectivity index (χ1n) is 3.87. The average Bonchev–Trinajstić information content (AvgIpc) is 2.04. The number of hydrogen-bond acceptors (Lipinski definition) is 2. The fraction of sp³-hybridized carbons (Fsp3) is 0.444. The van der Waals surface area contributed by atoms with Gasteiger partial charge in [0.2, 0.25) is 0 Å². The van der Waals surface area contributed by atoms with E-state index in [1.807, 2.05) is 12.3 Å². The van der Waals surface area contributed by atoms with Crippen LogP contribution in [0.1, 0.15) is 24.1 Å². The third-order valence-corrected chi connectivity index (χ3v) is 1.87. The fourth-order valence-electron chi connectivity index (χ4n) is 1.13. The molecule has 2 heteroatoms. The van der Waals surface area contributed by atoms with Crippen LogP contribution in [0.4, 0.5) is 0 Å². The molecule has 0 amide bonds. The van der Waals surface area contributed by atoms with Crippen LogP contribution in [-0.4, -0.2) is 11.5 Å². The number of rotatable bonds is 2. The third kappa shape index (κ3) is 1.77. The molecule has 1 heterocycles. The van der Waals surface area contributed by atoms with Gasteiger partial charge in [0.15, 0.2) is 0 Å². The Morgan fingerprint density at radius 3 is 2.91 bits per heavy atom. The summed E-state index contributed by atoms with van der Waals surface area (Å²) in [4.78, 5) is 4.27. The lowest BCUT2D eigenvalue weighted by molar-refractivity contribution is 0.738. The molecule has 0 radical (unpaired) electrons. The number of pyridine rings is 1. The van der Waals surface area contributed by atoms with Gasteiger partial charge in [-0.15, -0.1) is 0 Å². The van der Waals surface area contributed by atoms with Crippen molar-refractivity contribution in [1.82, 2.24) is 4.98 Å². The van der Waals surface area contributed by atoms with E-state index in [9.17, 15) is 0 Å². The largest absolute Gasteiger partial charge is 0.330 e. The Morgan fingerprint density at radius 1 is 1.64 bits per heavy atom. The van der Waals surface area contributed by atoms with Crippen molar-refractivity contribution in [2.75, 3.05) is 6.54 Å². The second kappa shape index (κ2) is 3.49. The second-order valence-electron chi connectivity index (χ2n) is 2.84. The van der Waals surface area contributed by atoms with Gasteiger partial charge in [0, 0.05) is 24.4 Å². The molecule has 0 bridgehead atoms. The van der Waals surface area contributed by atoms with Crippen LogP contribution in [0.3, 0.4) is 0 Å². The molecule has 1 aromatic heterocycles. The summed E-state index contributed by atoms with van der Waals surface area (Å²) < 4.78 is 0. The summed E-state index contributed by atoms with van der Waals surface area (Å²) in [6.07, 6.45) is 1.81. The highest BCUT2D eigenvalue weighted by Crippen LogP contribution is 2.14. The Balaban J connectivity index is 2.93. The minimum absolute atomic E-state index is 0.371. The summed E-state index contributed by atoms with van der Waals surface area (Å²) in [5.41, 5.74) is 7.88. The summed E-state index contributed by atoms with van der Waals surface area (Å²) in [6.45, 7) is 4.82. The van der Waals surface area contributed by atoms with E-state index in [1.165, 1.54) is 5.56 Å². The predicted octanol–water partition coefficient (Wildman–Crippen LogP) is 1.45. The van der Waals surface area contributed by atoms with Gasteiger partial charge in [-0.1, -0.05) is 13.0 Å². The van der Waals surface area contributed by atoms with Crippen molar-refractivity contribution < 1.29 is 0 Å². The zero-order valence-electron chi connectivity index (χ0n) is 7.04. The van der Waals surface area contributed by atoms with Crippen molar-refractivity contribution >= 4 is 0 Å². The molecule has 0 aliphatic heterocycles. The molecule has 60 valence electrons. The van der Waals surface area contributed by atoms with E-state index in [0.717, 1.165) is 5.69 Å². The Morgan fingerprint density at radius 2 is 2.36 bits per heavy atom. The topological polar surface area (TPSA) is 38.9 Å². The van der Waals surface area contributed by atoms with Gasteiger partial charge in [0.25, 0.3) is 0 Å². The summed E-state index contributed by atoms with van der Waals surface area (Å²) in [6, 6.07) is 4.01. The molecular weight excluding hydrogens is 136 g/mol. The van der Waals surface area contributed by atoms with Crippen molar-refractivity contribution in [3.63, 3.8) is 0 Å². The van der Waals surface area contributed by atoms with Gasteiger partial charge in [-0.25, -0.2) is 0 Å². The predicted molar refractivity (Wildman–Crippen MR) is 46.4 cm³/mol. The molecule has 1 atom stereocenters. The van der Waals surface area contributed by atoms with Crippen LogP contribution in [0.2, 0.25) is 0 Å². The van der Waals surface area contributed by atoms with E-state index in [4.69, 9.17) is 5.73 Å². The quantitative estimate of drug-likeness (QED) is 0.693. The first-order chi connectivity index (χ1) is 5.25. The van der Waals surface area contributed by atoms with Gasteiger partial charge in [0.05, 0.1) is 0 Å². The van der Waals surface area contributed by atoms with Crippen molar-refractivity contribution in [3.8, 4) is 0 Å². The lowest BCUT2D eigenvalue weighted by atomic mass is 10.0. The summed E-state index contributed by atoms with van der Waals surface area (Å²) in [7, 11) is 0. The van der Waals surface area contributed by atoms with Crippen LogP contribution in [0.5, 0.6) is 0 Å². The molecule has 0 aliphatic rings. The monoisotopic (exact) mass is 150 g/mol. The smallest absolute Gasteiger partial charge is 0.0473 e. The van der Waals surface area contributed by atoms with Crippen LogP contribution in [0.15, 0.2) is 18.3 Å². The molecule has 1 rings (SSSR count). The van der Waals surface area contributed by atoms with Gasteiger partial charge >= 0.3 is 0 Å². The number of nitrogens with zero attached hydrogens (tertiary/aromatic N) is 1. The summed E-state index contributed by atoms with van der Waals surface area (Å²) >= 11 is 0. The molecule has 2 N–H and O–H groups in total. The Kier molecular flexibility index (Phi) is 2.60. The highest BCUT2D eigenvalue weighted by molar-refractivity contribution is 5.20. The van der Waals surface area contributed by atoms with Crippen molar-refractivity contribution in [2.24, 2.45) is 5.73 Å². The molecule has 0 saturated carbocycles. The van der Waals surface area contributed by atoms with E-state index in [0.29, 0.717) is 12.5 Å². The normalized spacial score (nSPS) is 13.0. The molecular formula is C9H14N2. The highest BCUT2D eigenvalue weighted by atomic mass is 14.7. The van der Waals surface area contributed by atoms with Crippen LogP contribution in [0, 0.1) is 6.92 Å². The maximum absolute atomic E-state index is 5.53. The number of hydrogen-bond donors (Lipinski definition) is 1. The minimum Gasteiger partial charge on any atom is -0.330 e. The number of aryl methyl sites for hydroxylation is 1. The van der Waals surface area contributed by atoms with Crippen molar-refractivity contribution in [1.29, 1.82) is 0 Å². The first kappa shape index (κ1) is 8.21. The van der Waals surface area contributed by atoms with E-state index >= 15 is 0 Å². The SMILES string of the molecule is Cc1cccnc1C(C)CN. The van der Waals surface area contributed by atoms with Gasteiger partial charge in [-0.2, -0.15) is 0 Å². The molecule has 1 aromatic rings. The molecule has 0 fully saturated rings. The Bertz CT molecular complexity index is 233. The highest BCUT2D eigenvalue weighted by Gasteiger charge is 2.05. The third-order valence-electron chi connectivity index (χ3n) is 1.87. The van der Waals surface area contributed by atoms with Gasteiger partial charge in [-0.3, -0.25) is 4.98 Å². The number of aromatic nitrogens is 1. The van der Waals surface area contributed by atoms with Crippen LogP contribution >= 0.6 is 0 Å². The molecule has 0 spiro atoms. The first-order valence-corrected chi connectivity index (χ1v) is 3.87. The fourth-order valence-corrected chi connectivity index (χ4v) is 1.13. The van der Waals surface area contributed by atoms with Crippen LogP contribution in [-0.2, 0) is 0 Å². The average molecular weight is 150 g/mol. The molecule has 1 unspecified atom stereocenters. The van der Waals surface area contributed by atoms with E-state index in [-0.39, 0.29) is 0 Å². The Labute approximate surface area is 67.5 Å². The lowest BCUT2D eigenvalue weighted by Crippen LogP contribution is -2.11. The lowest BCUT2D eigenvalue weighted by Gasteiger charge is -2.09. The second-order valence-corrected chi connectivity index (χ2v) is 2.84. The van der Waals surface area contributed by atoms with E-state index in [1.54, 1.807) is 0 Å². The molecule has 0 aromatic carbocycles. The zero-order chi connectivity index (χ0) is 8.27. The molecule has 2 nitrogen and oxygen atoms in total. The number of nitrogens with two attached hydrogens (primary N) is 1. The maximum atomic E-state index is 5.53. The van der Waals surface area contributed by atoms with E-state index < -0.39 is 0 Å². The van der Waals surface area contributed by atoms with E-state index in [2.05, 4.69) is 24.9 Å². The molecule has 0 aliphatic carbocycles. The van der Waals surface area contributed by atoms with Gasteiger partial charge in [0.1, 0.15) is 0 Å². The van der Waals surface area contributed by atoms with Crippen molar-refractivity contribution in [2.45, 2.75) is 19.8 Å². The molecule has 11 heavy (non-hydrogen) atoms. The van der Waals surface area contributed by atoms with Crippen molar-refractivity contribution in [3.05, 3.63) is 29.6 Å². The van der Waals surface area contributed by atoms with Crippen LogP contribution in [0.25, 0.3) is 0 Å². The minimum atomic E-state index is 0.371. The summed E-state index contributed by atoms with van der Waals surface area (Å²) in [5, 5.41) is 0. The summed E-state index contributed by atoms with van der Waals surface area (Å²) in [5.74, 6) is 0.371. The maximum Gasteiger partial charge on any atom is 0.0473 e. The van der Waals surface area contributed by atoms with Gasteiger partial charge in [-0.05, 0) is 18.6 Å². The molecule has 0 saturated heterocycles. The van der Waals surface area contributed by atoms with Gasteiger partial charge < -0.3 is 5.73 Å². The zero-order valence-corrected chi connectivity index (χ0v) is 7.04. The standard InChI is InChI=1S/C9H14N2/c1-7-4-3-5-11-9(7)8(2)6-10/h3-5,8H,6,10H2,1-2H3. The van der Waals surface area contributed by atoms with Crippen LogP contribution < -0.4 is 5.73 Å².